The van der Waals surface area contributed by atoms with Crippen LogP contribution in [-0.4, -0.2) is 50.0 Å². The van der Waals surface area contributed by atoms with E-state index in [2.05, 4.69) is 5.32 Å². The van der Waals surface area contributed by atoms with Gasteiger partial charge < -0.3 is 10.2 Å². The van der Waals surface area contributed by atoms with Crippen LogP contribution in [0.3, 0.4) is 0 Å². The predicted molar refractivity (Wildman–Crippen MR) is 171 cm³/mol. The quantitative estimate of drug-likeness (QED) is 0.223. The smallest absolute Gasteiger partial charge is 0.243 e. The van der Waals surface area contributed by atoms with Crippen LogP contribution in [0, 0.1) is 6.92 Å². The van der Waals surface area contributed by atoms with Crippen molar-refractivity contribution in [3.05, 3.63) is 99.5 Å². The van der Waals surface area contributed by atoms with Crippen LogP contribution in [0.15, 0.2) is 72.8 Å². The molecule has 0 radical (unpaired) electrons. The molecular weight excluding hydrogens is 593 g/mol. The number of nitrogens with zero attached hydrogens (tertiary/aromatic N) is 2. The number of amides is 2. The standard InChI is InChI=1S/C32H39Cl2N3O4S/c1-5-24(3)35-32(39)30(21-25-13-7-6-8-14-25)36(22-26-17-18-27(33)28(34)20-26)31(38)16-11-19-37(42(4,40)41)29-15-10-9-12-23(29)2/h6-10,12-15,17-18,20,24,30H,5,11,16,19,21-22H2,1-4H3,(H,35,39)/t24-,30-/m0/s1. The fourth-order valence-corrected chi connectivity index (χ4v) is 6.00. The molecule has 3 aromatic carbocycles. The molecule has 0 fully saturated rings. The number of halogens is 2. The molecule has 2 atom stereocenters. The molecule has 0 saturated carbocycles. The summed E-state index contributed by atoms with van der Waals surface area (Å²) in [6, 6.07) is 21.1. The average Bonchev–Trinajstić information content (AvgIpc) is 2.95. The molecule has 226 valence electrons. The highest BCUT2D eigenvalue weighted by Crippen LogP contribution is 2.26. The van der Waals surface area contributed by atoms with E-state index in [0.29, 0.717) is 22.2 Å². The number of carbonyl (C=O) groups is 2. The highest BCUT2D eigenvalue weighted by Gasteiger charge is 2.31. The van der Waals surface area contributed by atoms with Gasteiger partial charge in [-0.15, -0.1) is 0 Å². The summed E-state index contributed by atoms with van der Waals surface area (Å²) in [5.74, 6) is -0.515. The first-order valence-corrected chi connectivity index (χ1v) is 16.6. The van der Waals surface area contributed by atoms with Crippen molar-refractivity contribution in [2.24, 2.45) is 0 Å². The topological polar surface area (TPSA) is 86.8 Å². The maximum atomic E-state index is 13.9. The third kappa shape index (κ3) is 9.48. The molecule has 42 heavy (non-hydrogen) atoms. The van der Waals surface area contributed by atoms with Crippen LogP contribution in [0.4, 0.5) is 5.69 Å². The van der Waals surface area contributed by atoms with Crippen LogP contribution >= 0.6 is 23.2 Å². The molecule has 10 heteroatoms. The van der Waals surface area contributed by atoms with E-state index in [1.807, 2.05) is 63.2 Å². The predicted octanol–water partition coefficient (Wildman–Crippen LogP) is 6.40. The van der Waals surface area contributed by atoms with E-state index in [1.165, 1.54) is 4.31 Å². The van der Waals surface area contributed by atoms with Crippen LogP contribution in [0.5, 0.6) is 0 Å². The van der Waals surface area contributed by atoms with Gasteiger partial charge in [-0.05, 0) is 61.6 Å². The third-order valence-corrected chi connectivity index (χ3v) is 9.06. The zero-order valence-electron chi connectivity index (χ0n) is 24.5. The monoisotopic (exact) mass is 631 g/mol. The number of para-hydroxylation sites is 1. The lowest BCUT2D eigenvalue weighted by Crippen LogP contribution is -2.52. The maximum absolute atomic E-state index is 13.9. The molecule has 0 heterocycles. The summed E-state index contributed by atoms with van der Waals surface area (Å²) >= 11 is 12.4. The van der Waals surface area contributed by atoms with Crippen LogP contribution in [0.1, 0.15) is 49.8 Å². The minimum absolute atomic E-state index is 0.0428. The van der Waals surface area contributed by atoms with Gasteiger partial charge in [-0.1, -0.05) is 84.7 Å². The second kappa shape index (κ2) is 15.4. The molecular formula is C32H39Cl2N3O4S. The van der Waals surface area contributed by atoms with Crippen molar-refractivity contribution in [1.29, 1.82) is 0 Å². The first kappa shape index (κ1) is 33.4. The van der Waals surface area contributed by atoms with E-state index in [-0.39, 0.29) is 43.8 Å². The second-order valence-electron chi connectivity index (χ2n) is 10.5. The Kier molecular flexibility index (Phi) is 12.3. The minimum atomic E-state index is -3.59. The number of benzene rings is 3. The molecule has 0 aliphatic heterocycles. The lowest BCUT2D eigenvalue weighted by Gasteiger charge is -2.33. The second-order valence-corrected chi connectivity index (χ2v) is 13.2. The summed E-state index contributed by atoms with van der Waals surface area (Å²) in [4.78, 5) is 29.2. The number of hydrogen-bond donors (Lipinski definition) is 1. The molecule has 1 N–H and O–H groups in total. The van der Waals surface area contributed by atoms with Crippen molar-refractivity contribution < 1.29 is 18.0 Å². The van der Waals surface area contributed by atoms with Gasteiger partial charge in [0.25, 0.3) is 0 Å². The van der Waals surface area contributed by atoms with Gasteiger partial charge in [-0.3, -0.25) is 13.9 Å². The van der Waals surface area contributed by atoms with Gasteiger partial charge in [-0.25, -0.2) is 8.42 Å². The number of anilines is 1. The summed E-state index contributed by atoms with van der Waals surface area (Å²) in [5, 5.41) is 3.79. The van der Waals surface area contributed by atoms with Gasteiger partial charge in [0.2, 0.25) is 21.8 Å². The van der Waals surface area contributed by atoms with Gasteiger partial charge in [0.05, 0.1) is 22.0 Å². The van der Waals surface area contributed by atoms with Crippen molar-refractivity contribution in [2.45, 2.75) is 65.1 Å². The van der Waals surface area contributed by atoms with E-state index in [9.17, 15) is 18.0 Å². The van der Waals surface area contributed by atoms with Crippen molar-refractivity contribution in [2.75, 3.05) is 17.1 Å². The number of rotatable bonds is 14. The summed E-state index contributed by atoms with van der Waals surface area (Å²) in [6.07, 6.45) is 2.52. The van der Waals surface area contributed by atoms with E-state index >= 15 is 0 Å². The Morgan fingerprint density at radius 3 is 2.21 bits per heavy atom. The lowest BCUT2D eigenvalue weighted by molar-refractivity contribution is -0.141. The Bertz CT molecular complexity index is 1470. The Morgan fingerprint density at radius 1 is 0.929 bits per heavy atom. The first-order valence-electron chi connectivity index (χ1n) is 14.0. The first-order chi connectivity index (χ1) is 19.9. The average molecular weight is 633 g/mol. The van der Waals surface area contributed by atoms with E-state index in [1.54, 1.807) is 35.2 Å². The molecule has 0 bridgehead atoms. The van der Waals surface area contributed by atoms with E-state index < -0.39 is 16.1 Å². The third-order valence-electron chi connectivity index (χ3n) is 7.15. The number of nitrogens with one attached hydrogen (secondary N) is 1. The Labute approximate surface area is 259 Å². The van der Waals surface area contributed by atoms with Crippen molar-refractivity contribution in [3.63, 3.8) is 0 Å². The fraction of sp³-hybridized carbons (Fsp3) is 0.375. The van der Waals surface area contributed by atoms with Crippen LogP contribution < -0.4 is 9.62 Å². The highest BCUT2D eigenvalue weighted by molar-refractivity contribution is 7.92. The molecule has 0 spiro atoms. The van der Waals surface area contributed by atoms with E-state index in [4.69, 9.17) is 23.2 Å². The molecule has 0 aromatic heterocycles. The Morgan fingerprint density at radius 2 is 1.60 bits per heavy atom. The van der Waals surface area contributed by atoms with Gasteiger partial charge in [0.15, 0.2) is 0 Å². The van der Waals surface area contributed by atoms with Gasteiger partial charge in [-0.2, -0.15) is 0 Å². The number of aryl methyl sites for hydroxylation is 1. The van der Waals surface area contributed by atoms with Gasteiger partial charge in [0, 0.05) is 32.0 Å². The molecule has 7 nitrogen and oxygen atoms in total. The van der Waals surface area contributed by atoms with Crippen molar-refractivity contribution in [1.82, 2.24) is 10.2 Å². The SMILES string of the molecule is CC[C@H](C)NC(=O)[C@H](Cc1ccccc1)N(Cc1ccc(Cl)c(Cl)c1)C(=O)CCCN(c1ccccc1C)S(C)(=O)=O. The van der Waals surface area contributed by atoms with Crippen molar-refractivity contribution in [3.8, 4) is 0 Å². The number of hydrogen-bond acceptors (Lipinski definition) is 4. The summed E-state index contributed by atoms with van der Waals surface area (Å²) < 4.78 is 26.7. The summed E-state index contributed by atoms with van der Waals surface area (Å²) in [5.41, 5.74) is 3.04. The minimum Gasteiger partial charge on any atom is -0.352 e. The van der Waals surface area contributed by atoms with Crippen LogP contribution in [-0.2, 0) is 32.6 Å². The zero-order chi connectivity index (χ0) is 30.9. The Balaban J connectivity index is 1.92. The maximum Gasteiger partial charge on any atom is 0.243 e. The number of sulfonamides is 1. The molecule has 0 saturated heterocycles. The lowest BCUT2D eigenvalue weighted by atomic mass is 10.0. The normalized spacial score (nSPS) is 12.8. The Hall–Kier alpha value is -3.07. The molecule has 0 unspecified atom stereocenters. The summed E-state index contributed by atoms with van der Waals surface area (Å²) in [7, 11) is -3.59. The van der Waals surface area contributed by atoms with Gasteiger partial charge in [0.1, 0.15) is 6.04 Å². The summed E-state index contributed by atoms with van der Waals surface area (Å²) in [6.45, 7) is 6.01. The zero-order valence-corrected chi connectivity index (χ0v) is 26.8. The van der Waals surface area contributed by atoms with Crippen LogP contribution in [0.2, 0.25) is 10.0 Å². The molecule has 0 aliphatic rings. The van der Waals surface area contributed by atoms with Crippen molar-refractivity contribution >= 4 is 50.7 Å². The molecule has 3 aromatic rings. The van der Waals surface area contributed by atoms with E-state index in [0.717, 1.165) is 29.4 Å². The molecule has 3 rings (SSSR count). The largest absolute Gasteiger partial charge is 0.352 e. The fourth-order valence-electron chi connectivity index (χ4n) is 4.66. The highest BCUT2D eigenvalue weighted by atomic mass is 35.5. The molecule has 2 amide bonds. The van der Waals surface area contributed by atoms with Gasteiger partial charge >= 0.3 is 0 Å². The number of carbonyl (C=O) groups excluding carboxylic acids is 2. The molecule has 0 aliphatic carbocycles. The van der Waals surface area contributed by atoms with Crippen LogP contribution in [0.25, 0.3) is 0 Å².